The number of aliphatic hydroxyl groups is 1. The Morgan fingerprint density at radius 2 is 1.94 bits per heavy atom. The van der Waals surface area contributed by atoms with Gasteiger partial charge in [0.05, 0.1) is 6.61 Å². The maximum atomic E-state index is 12.1. The van der Waals surface area contributed by atoms with Crippen LogP contribution in [0.4, 0.5) is 5.69 Å². The summed E-state index contributed by atoms with van der Waals surface area (Å²) in [5, 5.41) is 12.2. The maximum Gasteiger partial charge on any atom is 0.253 e. The van der Waals surface area contributed by atoms with E-state index in [0.29, 0.717) is 18.7 Å². The van der Waals surface area contributed by atoms with Crippen LogP contribution < -0.4 is 5.32 Å². The molecule has 0 unspecified atom stereocenters. The second-order valence-corrected chi connectivity index (χ2v) is 4.11. The summed E-state index contributed by atoms with van der Waals surface area (Å²) >= 11 is 0. The van der Waals surface area contributed by atoms with E-state index in [2.05, 4.69) is 12.2 Å². The molecule has 1 aromatic rings. The molecule has 0 fully saturated rings. The lowest BCUT2D eigenvalue weighted by Gasteiger charge is -2.19. The molecule has 1 aromatic carbocycles. The number of carbonyl (C=O) groups is 1. The first-order chi connectivity index (χ1) is 8.72. The van der Waals surface area contributed by atoms with Crippen molar-refractivity contribution in [1.82, 2.24) is 4.90 Å². The SMILES string of the molecule is CCCNc1ccc(C(=O)N(CC)CCO)cc1. The molecule has 18 heavy (non-hydrogen) atoms. The van der Waals surface area contributed by atoms with Gasteiger partial charge in [0.1, 0.15) is 0 Å². The van der Waals surface area contributed by atoms with E-state index in [0.717, 1.165) is 18.7 Å². The van der Waals surface area contributed by atoms with Crippen LogP contribution in [0.25, 0.3) is 0 Å². The largest absolute Gasteiger partial charge is 0.395 e. The summed E-state index contributed by atoms with van der Waals surface area (Å²) in [6, 6.07) is 7.46. The zero-order chi connectivity index (χ0) is 13.4. The van der Waals surface area contributed by atoms with E-state index in [1.54, 1.807) is 4.90 Å². The van der Waals surface area contributed by atoms with Gasteiger partial charge in [-0.15, -0.1) is 0 Å². The highest BCUT2D eigenvalue weighted by atomic mass is 16.3. The number of nitrogens with one attached hydrogen (secondary N) is 1. The van der Waals surface area contributed by atoms with Crippen LogP contribution in [0.15, 0.2) is 24.3 Å². The normalized spacial score (nSPS) is 10.2. The maximum absolute atomic E-state index is 12.1. The number of amides is 1. The van der Waals surface area contributed by atoms with Crippen LogP contribution in [-0.2, 0) is 0 Å². The molecular weight excluding hydrogens is 228 g/mol. The standard InChI is InChI=1S/C14H22N2O2/c1-3-9-15-13-7-5-12(6-8-13)14(18)16(4-2)10-11-17/h5-8,15,17H,3-4,9-11H2,1-2H3. The summed E-state index contributed by atoms with van der Waals surface area (Å²) in [7, 11) is 0. The van der Waals surface area contributed by atoms with Gasteiger partial charge in [-0.05, 0) is 37.6 Å². The zero-order valence-electron chi connectivity index (χ0n) is 11.1. The van der Waals surface area contributed by atoms with Crippen molar-refractivity contribution in [2.24, 2.45) is 0 Å². The fourth-order valence-electron chi connectivity index (χ4n) is 1.71. The molecule has 1 amide bonds. The molecule has 4 nitrogen and oxygen atoms in total. The summed E-state index contributed by atoms with van der Waals surface area (Å²) in [5.74, 6) is -0.0337. The third-order valence-electron chi connectivity index (χ3n) is 2.75. The Labute approximate surface area is 109 Å². The summed E-state index contributed by atoms with van der Waals surface area (Å²) < 4.78 is 0. The van der Waals surface area contributed by atoms with E-state index in [-0.39, 0.29) is 12.5 Å². The van der Waals surface area contributed by atoms with E-state index in [4.69, 9.17) is 5.11 Å². The van der Waals surface area contributed by atoms with Crippen LogP contribution in [0, 0.1) is 0 Å². The Morgan fingerprint density at radius 3 is 2.44 bits per heavy atom. The third kappa shape index (κ3) is 4.04. The van der Waals surface area contributed by atoms with Crippen LogP contribution in [0.3, 0.4) is 0 Å². The van der Waals surface area contributed by atoms with Gasteiger partial charge in [0, 0.05) is 30.9 Å². The fourth-order valence-corrected chi connectivity index (χ4v) is 1.71. The number of hydrogen-bond acceptors (Lipinski definition) is 3. The lowest BCUT2D eigenvalue weighted by atomic mass is 10.1. The number of benzene rings is 1. The van der Waals surface area contributed by atoms with Crippen molar-refractivity contribution in [3.8, 4) is 0 Å². The van der Waals surface area contributed by atoms with Gasteiger partial charge in [-0.1, -0.05) is 6.92 Å². The van der Waals surface area contributed by atoms with E-state index >= 15 is 0 Å². The highest BCUT2D eigenvalue weighted by molar-refractivity contribution is 5.94. The van der Waals surface area contributed by atoms with Gasteiger partial charge in [0.25, 0.3) is 5.91 Å². The summed E-state index contributed by atoms with van der Waals surface area (Å²) in [6.07, 6.45) is 1.07. The number of nitrogens with zero attached hydrogens (tertiary/aromatic N) is 1. The van der Waals surface area contributed by atoms with Crippen molar-refractivity contribution in [2.75, 3.05) is 31.6 Å². The van der Waals surface area contributed by atoms with E-state index in [9.17, 15) is 4.79 Å². The van der Waals surface area contributed by atoms with Crippen molar-refractivity contribution < 1.29 is 9.90 Å². The molecule has 0 aromatic heterocycles. The number of likely N-dealkylation sites (N-methyl/N-ethyl adjacent to an activating group) is 1. The summed E-state index contributed by atoms with van der Waals surface area (Å²) in [6.45, 7) is 5.93. The Morgan fingerprint density at radius 1 is 1.28 bits per heavy atom. The monoisotopic (exact) mass is 250 g/mol. The quantitative estimate of drug-likeness (QED) is 0.778. The van der Waals surface area contributed by atoms with Gasteiger partial charge in [0.15, 0.2) is 0 Å². The Hall–Kier alpha value is -1.55. The summed E-state index contributed by atoms with van der Waals surface area (Å²) in [4.78, 5) is 13.7. The molecule has 100 valence electrons. The molecule has 0 aliphatic rings. The van der Waals surface area contributed by atoms with Crippen molar-refractivity contribution >= 4 is 11.6 Å². The third-order valence-corrected chi connectivity index (χ3v) is 2.75. The molecule has 0 aliphatic carbocycles. The predicted octanol–water partition coefficient (Wildman–Crippen LogP) is 1.96. The molecule has 4 heteroatoms. The summed E-state index contributed by atoms with van der Waals surface area (Å²) in [5.41, 5.74) is 1.69. The molecule has 0 atom stereocenters. The molecule has 1 rings (SSSR count). The van der Waals surface area contributed by atoms with Crippen LogP contribution in [0.5, 0.6) is 0 Å². The number of carbonyl (C=O) groups excluding carboxylic acids is 1. The van der Waals surface area contributed by atoms with Gasteiger partial charge in [-0.25, -0.2) is 0 Å². The lowest BCUT2D eigenvalue weighted by Crippen LogP contribution is -2.33. The average molecular weight is 250 g/mol. The highest BCUT2D eigenvalue weighted by Crippen LogP contribution is 2.11. The first kappa shape index (κ1) is 14.5. The van der Waals surface area contributed by atoms with Gasteiger partial charge in [-0.3, -0.25) is 4.79 Å². The number of aliphatic hydroxyl groups excluding tert-OH is 1. The van der Waals surface area contributed by atoms with Crippen molar-refractivity contribution in [1.29, 1.82) is 0 Å². The minimum atomic E-state index is -0.0337. The Kier molecular flexibility index (Phi) is 6.22. The minimum Gasteiger partial charge on any atom is -0.395 e. The van der Waals surface area contributed by atoms with E-state index in [1.165, 1.54) is 0 Å². The van der Waals surface area contributed by atoms with Crippen molar-refractivity contribution in [2.45, 2.75) is 20.3 Å². The highest BCUT2D eigenvalue weighted by Gasteiger charge is 2.12. The molecule has 0 radical (unpaired) electrons. The lowest BCUT2D eigenvalue weighted by molar-refractivity contribution is 0.0732. The first-order valence-electron chi connectivity index (χ1n) is 6.47. The number of rotatable bonds is 7. The first-order valence-corrected chi connectivity index (χ1v) is 6.47. The predicted molar refractivity (Wildman–Crippen MR) is 73.9 cm³/mol. The molecule has 0 spiro atoms. The molecule has 0 aliphatic heterocycles. The van der Waals surface area contributed by atoms with Crippen LogP contribution in [-0.4, -0.2) is 42.2 Å². The van der Waals surface area contributed by atoms with E-state index in [1.807, 2.05) is 31.2 Å². The molecule has 0 heterocycles. The van der Waals surface area contributed by atoms with Crippen molar-refractivity contribution in [3.05, 3.63) is 29.8 Å². The van der Waals surface area contributed by atoms with Gasteiger partial charge in [-0.2, -0.15) is 0 Å². The Balaban J connectivity index is 2.68. The number of hydrogen-bond donors (Lipinski definition) is 2. The van der Waals surface area contributed by atoms with Gasteiger partial charge >= 0.3 is 0 Å². The average Bonchev–Trinajstić information content (AvgIpc) is 2.42. The van der Waals surface area contributed by atoms with E-state index < -0.39 is 0 Å². The second-order valence-electron chi connectivity index (χ2n) is 4.11. The van der Waals surface area contributed by atoms with Crippen molar-refractivity contribution in [3.63, 3.8) is 0 Å². The molecule has 0 saturated heterocycles. The molecular formula is C14H22N2O2. The topological polar surface area (TPSA) is 52.6 Å². The zero-order valence-corrected chi connectivity index (χ0v) is 11.1. The number of anilines is 1. The van der Waals surface area contributed by atoms with Gasteiger partial charge in [0.2, 0.25) is 0 Å². The Bertz CT molecular complexity index is 363. The van der Waals surface area contributed by atoms with Crippen LogP contribution in [0.2, 0.25) is 0 Å². The van der Waals surface area contributed by atoms with Gasteiger partial charge < -0.3 is 15.3 Å². The van der Waals surface area contributed by atoms with Crippen LogP contribution in [0.1, 0.15) is 30.6 Å². The second kappa shape index (κ2) is 7.71. The minimum absolute atomic E-state index is 0.00425. The molecule has 2 N–H and O–H groups in total. The smallest absolute Gasteiger partial charge is 0.253 e. The fraction of sp³-hybridized carbons (Fsp3) is 0.500. The van der Waals surface area contributed by atoms with Crippen LogP contribution >= 0.6 is 0 Å². The molecule has 0 saturated carbocycles. The molecule has 0 bridgehead atoms.